The Labute approximate surface area is 148 Å². The largest absolute Gasteiger partial charge is 0.493 e. The first-order chi connectivity index (χ1) is 12.2. The monoisotopic (exact) mass is 340 g/mol. The number of carbonyl (C=O) groups is 1. The highest BCUT2D eigenvalue weighted by Crippen LogP contribution is 2.17. The van der Waals surface area contributed by atoms with E-state index in [2.05, 4.69) is 17.5 Å². The molecule has 0 fully saturated rings. The molecular weight excluding hydrogens is 316 g/mol. The number of unbranched alkanes of at least 4 members (excludes halogenated alkanes) is 3. The maximum atomic E-state index is 11.0. The van der Waals surface area contributed by atoms with E-state index in [0.29, 0.717) is 12.3 Å². The Balaban J connectivity index is 1.94. The lowest BCUT2D eigenvalue weighted by Gasteiger charge is -2.08. The van der Waals surface area contributed by atoms with Crippen LogP contribution in [0.15, 0.2) is 53.6 Å². The van der Waals surface area contributed by atoms with Gasteiger partial charge in [-0.2, -0.15) is 5.10 Å². The number of carboxylic acids is 1. The highest BCUT2D eigenvalue weighted by Gasteiger charge is 2.03. The van der Waals surface area contributed by atoms with E-state index >= 15 is 0 Å². The summed E-state index contributed by atoms with van der Waals surface area (Å²) in [5.41, 5.74) is 4.56. The standard InChI is InChI=1S/C20H24N2O3/c1-2-3-4-7-13-25-19-12-6-5-9-17(19)15-21-22-18-11-8-10-16(14-18)20(23)24/h5-6,8-12,14-15,22H,2-4,7,13H2,1H3,(H,23,24). The van der Waals surface area contributed by atoms with E-state index in [4.69, 9.17) is 9.84 Å². The van der Waals surface area contributed by atoms with E-state index in [0.717, 1.165) is 17.7 Å². The SMILES string of the molecule is CCCCCCOc1ccccc1C=NNc1cccc(C(=O)O)c1. The summed E-state index contributed by atoms with van der Waals surface area (Å²) < 4.78 is 5.84. The molecule has 0 atom stereocenters. The molecule has 0 aromatic heterocycles. The van der Waals surface area contributed by atoms with Gasteiger partial charge in [0.1, 0.15) is 5.75 Å². The summed E-state index contributed by atoms with van der Waals surface area (Å²) in [6, 6.07) is 14.2. The smallest absolute Gasteiger partial charge is 0.335 e. The molecule has 132 valence electrons. The zero-order valence-electron chi connectivity index (χ0n) is 14.4. The Morgan fingerprint density at radius 2 is 2.00 bits per heavy atom. The van der Waals surface area contributed by atoms with E-state index in [1.165, 1.54) is 25.3 Å². The van der Waals surface area contributed by atoms with Crippen molar-refractivity contribution in [1.29, 1.82) is 0 Å². The van der Waals surface area contributed by atoms with Crippen LogP contribution in [0.25, 0.3) is 0 Å². The average Bonchev–Trinajstić information content (AvgIpc) is 2.63. The molecule has 5 nitrogen and oxygen atoms in total. The number of hydrogen-bond acceptors (Lipinski definition) is 4. The molecule has 0 aliphatic heterocycles. The van der Waals surface area contributed by atoms with Gasteiger partial charge in [0.25, 0.3) is 0 Å². The summed E-state index contributed by atoms with van der Waals surface area (Å²) in [7, 11) is 0. The number of anilines is 1. The minimum Gasteiger partial charge on any atom is -0.493 e. The number of para-hydroxylation sites is 1. The first kappa shape index (κ1) is 18.5. The minimum atomic E-state index is -0.963. The summed E-state index contributed by atoms with van der Waals surface area (Å²) in [5, 5.41) is 13.2. The maximum Gasteiger partial charge on any atom is 0.335 e. The topological polar surface area (TPSA) is 70.9 Å². The number of rotatable bonds is 10. The third-order valence-electron chi connectivity index (χ3n) is 3.68. The molecule has 0 aliphatic carbocycles. The van der Waals surface area contributed by atoms with Crippen molar-refractivity contribution in [1.82, 2.24) is 0 Å². The molecule has 0 radical (unpaired) electrons. The normalized spacial score (nSPS) is 10.8. The van der Waals surface area contributed by atoms with Crippen LogP contribution in [0.2, 0.25) is 0 Å². The first-order valence-electron chi connectivity index (χ1n) is 8.55. The third kappa shape index (κ3) is 6.30. The quantitative estimate of drug-likeness (QED) is 0.370. The molecule has 0 amide bonds. The zero-order valence-corrected chi connectivity index (χ0v) is 14.4. The van der Waals surface area contributed by atoms with Crippen molar-refractivity contribution in [3.05, 3.63) is 59.7 Å². The van der Waals surface area contributed by atoms with Crippen molar-refractivity contribution in [3.63, 3.8) is 0 Å². The van der Waals surface area contributed by atoms with Gasteiger partial charge in [-0.05, 0) is 36.8 Å². The molecule has 0 saturated carbocycles. The Kier molecular flexibility index (Phi) is 7.50. The first-order valence-corrected chi connectivity index (χ1v) is 8.55. The minimum absolute atomic E-state index is 0.219. The van der Waals surface area contributed by atoms with E-state index < -0.39 is 5.97 Å². The molecule has 0 spiro atoms. The van der Waals surface area contributed by atoms with Crippen molar-refractivity contribution >= 4 is 17.9 Å². The van der Waals surface area contributed by atoms with Crippen LogP contribution < -0.4 is 10.2 Å². The number of carboxylic acid groups (broad SMARTS) is 1. The van der Waals surface area contributed by atoms with Gasteiger partial charge in [0.05, 0.1) is 24.1 Å². The lowest BCUT2D eigenvalue weighted by Crippen LogP contribution is -2.01. The van der Waals surface area contributed by atoms with Crippen molar-refractivity contribution in [2.45, 2.75) is 32.6 Å². The molecule has 0 unspecified atom stereocenters. The van der Waals surface area contributed by atoms with Crippen LogP contribution in [0.5, 0.6) is 5.75 Å². The number of nitrogens with one attached hydrogen (secondary N) is 1. The van der Waals surface area contributed by atoms with Gasteiger partial charge in [0, 0.05) is 5.56 Å². The Hall–Kier alpha value is -2.82. The Bertz CT molecular complexity index is 714. The molecule has 5 heteroatoms. The van der Waals surface area contributed by atoms with Gasteiger partial charge in [-0.3, -0.25) is 5.43 Å². The van der Waals surface area contributed by atoms with Gasteiger partial charge >= 0.3 is 5.97 Å². The van der Waals surface area contributed by atoms with Gasteiger partial charge in [-0.1, -0.05) is 44.4 Å². The highest BCUT2D eigenvalue weighted by atomic mass is 16.5. The van der Waals surface area contributed by atoms with Crippen LogP contribution in [0, 0.1) is 0 Å². The molecule has 25 heavy (non-hydrogen) atoms. The fraction of sp³-hybridized carbons (Fsp3) is 0.300. The predicted molar refractivity (Wildman–Crippen MR) is 101 cm³/mol. The number of benzene rings is 2. The second-order valence-corrected chi connectivity index (χ2v) is 5.70. The fourth-order valence-electron chi connectivity index (χ4n) is 2.33. The maximum absolute atomic E-state index is 11.0. The predicted octanol–water partition coefficient (Wildman–Crippen LogP) is 4.79. The summed E-state index contributed by atoms with van der Waals surface area (Å²) in [5.74, 6) is -0.168. The van der Waals surface area contributed by atoms with Crippen LogP contribution in [-0.2, 0) is 0 Å². The van der Waals surface area contributed by atoms with E-state index in [1.807, 2.05) is 24.3 Å². The lowest BCUT2D eigenvalue weighted by molar-refractivity contribution is 0.0697. The summed E-state index contributed by atoms with van der Waals surface area (Å²) in [6.45, 7) is 2.88. The summed E-state index contributed by atoms with van der Waals surface area (Å²) >= 11 is 0. The summed E-state index contributed by atoms with van der Waals surface area (Å²) in [4.78, 5) is 11.0. The van der Waals surface area contributed by atoms with E-state index in [9.17, 15) is 4.79 Å². The highest BCUT2D eigenvalue weighted by molar-refractivity contribution is 5.89. The van der Waals surface area contributed by atoms with Gasteiger partial charge < -0.3 is 9.84 Å². The van der Waals surface area contributed by atoms with Crippen molar-refractivity contribution in [3.8, 4) is 5.75 Å². The van der Waals surface area contributed by atoms with Gasteiger partial charge in [-0.25, -0.2) is 4.79 Å². The van der Waals surface area contributed by atoms with Crippen LogP contribution in [0.4, 0.5) is 5.69 Å². The van der Waals surface area contributed by atoms with Crippen LogP contribution >= 0.6 is 0 Å². The molecule has 0 aliphatic rings. The van der Waals surface area contributed by atoms with Crippen molar-refractivity contribution in [2.75, 3.05) is 12.0 Å². The second kappa shape index (κ2) is 10.1. The number of ether oxygens (including phenoxy) is 1. The summed E-state index contributed by atoms with van der Waals surface area (Å²) in [6.07, 6.45) is 6.33. The second-order valence-electron chi connectivity index (χ2n) is 5.70. The Morgan fingerprint density at radius 3 is 2.80 bits per heavy atom. The van der Waals surface area contributed by atoms with E-state index in [1.54, 1.807) is 24.4 Å². The molecule has 0 bridgehead atoms. The van der Waals surface area contributed by atoms with Gasteiger partial charge in [-0.15, -0.1) is 0 Å². The zero-order chi connectivity index (χ0) is 17.9. The van der Waals surface area contributed by atoms with Gasteiger partial charge in [0.2, 0.25) is 0 Å². The molecular formula is C20H24N2O3. The molecule has 2 N–H and O–H groups in total. The van der Waals surface area contributed by atoms with Crippen molar-refractivity contribution < 1.29 is 14.6 Å². The molecule has 2 aromatic rings. The lowest BCUT2D eigenvalue weighted by atomic mass is 10.2. The Morgan fingerprint density at radius 1 is 1.16 bits per heavy atom. The van der Waals surface area contributed by atoms with E-state index in [-0.39, 0.29) is 5.56 Å². The number of nitrogens with zero attached hydrogens (tertiary/aromatic N) is 1. The molecule has 0 heterocycles. The van der Waals surface area contributed by atoms with Crippen LogP contribution in [0.1, 0.15) is 48.5 Å². The molecule has 2 aromatic carbocycles. The molecule has 2 rings (SSSR count). The van der Waals surface area contributed by atoms with Gasteiger partial charge in [0.15, 0.2) is 0 Å². The number of hydrogen-bond donors (Lipinski definition) is 2. The average molecular weight is 340 g/mol. The molecule has 0 saturated heterocycles. The van der Waals surface area contributed by atoms with Crippen molar-refractivity contribution in [2.24, 2.45) is 5.10 Å². The fourth-order valence-corrected chi connectivity index (χ4v) is 2.33. The third-order valence-corrected chi connectivity index (χ3v) is 3.68. The number of aromatic carboxylic acids is 1. The number of hydrazone groups is 1. The van der Waals surface area contributed by atoms with Crippen LogP contribution in [0.3, 0.4) is 0 Å². The van der Waals surface area contributed by atoms with Crippen LogP contribution in [-0.4, -0.2) is 23.9 Å².